The lowest BCUT2D eigenvalue weighted by Crippen LogP contribution is -2.49. The number of aromatic hydroxyl groups is 1. The molecule has 14 heteroatoms. The van der Waals surface area contributed by atoms with Crippen LogP contribution in [0.4, 0.5) is 5.82 Å². The average Bonchev–Trinajstić information content (AvgIpc) is 3.95. The highest BCUT2D eigenvalue weighted by Crippen LogP contribution is 2.65. The molecule has 0 spiro atoms. The van der Waals surface area contributed by atoms with Gasteiger partial charge in [0.2, 0.25) is 23.6 Å². The zero-order valence-electron chi connectivity index (χ0n) is 29.6. The molecule has 5 heterocycles. The third kappa shape index (κ3) is 4.97. The van der Waals surface area contributed by atoms with Gasteiger partial charge in [0.15, 0.2) is 11.5 Å². The minimum atomic E-state index is -1.37. The van der Waals surface area contributed by atoms with Gasteiger partial charge in [-0.2, -0.15) is 5.10 Å². The second-order valence-corrected chi connectivity index (χ2v) is 18.2. The molecule has 4 amide bonds. The third-order valence-corrected chi connectivity index (χ3v) is 14.9. The molecule has 0 bridgehead atoms. The number of halogens is 2. The SMILES string of the molecule is COc1cc(Br)cc(C2C3=CCC4C(=O)N(Cc5cccs5)C(=O)C4C3CC3C(=O)N(c4cc(-c5sc6ccc(Cl)cc6c5C)nn4C)C(=O)C32C)c1O. The van der Waals surface area contributed by atoms with Gasteiger partial charge in [0, 0.05) is 43.7 Å². The van der Waals surface area contributed by atoms with E-state index >= 15 is 4.79 Å². The number of carbonyl (C=O) groups excluding carboxylic acids is 4. The summed E-state index contributed by atoms with van der Waals surface area (Å²) >= 11 is 12.9. The van der Waals surface area contributed by atoms with E-state index in [-0.39, 0.29) is 36.3 Å². The fraction of sp³-hybridized carbons (Fsp3) is 0.325. The van der Waals surface area contributed by atoms with Gasteiger partial charge in [-0.05, 0) is 85.3 Å². The number of phenolic OH excluding ortho intramolecular Hbond substituents is 1. The second-order valence-electron chi connectivity index (χ2n) is 14.8. The summed E-state index contributed by atoms with van der Waals surface area (Å²) in [4.78, 5) is 62.7. The van der Waals surface area contributed by atoms with Crippen LogP contribution in [0.2, 0.25) is 5.02 Å². The number of allylic oxidation sites excluding steroid dienone is 2. The number of thiophene rings is 2. The summed E-state index contributed by atoms with van der Waals surface area (Å²) in [5, 5.41) is 20.1. The van der Waals surface area contributed by atoms with Crippen LogP contribution in [0.15, 0.2) is 70.0 Å². The predicted molar refractivity (Wildman–Crippen MR) is 211 cm³/mol. The first-order valence-electron chi connectivity index (χ1n) is 17.6. The predicted octanol–water partition coefficient (Wildman–Crippen LogP) is 8.23. The van der Waals surface area contributed by atoms with Gasteiger partial charge in [-0.3, -0.25) is 28.8 Å². The van der Waals surface area contributed by atoms with Crippen molar-refractivity contribution in [1.82, 2.24) is 14.7 Å². The number of imide groups is 2. The van der Waals surface area contributed by atoms with E-state index in [1.807, 2.05) is 48.7 Å². The van der Waals surface area contributed by atoms with Crippen molar-refractivity contribution in [2.24, 2.45) is 36.1 Å². The van der Waals surface area contributed by atoms with Crippen molar-refractivity contribution in [3.63, 3.8) is 0 Å². The molecular formula is C40H34BrClN4O6S2. The highest BCUT2D eigenvalue weighted by molar-refractivity contribution is 9.10. The molecule has 3 aromatic heterocycles. The first-order valence-corrected chi connectivity index (χ1v) is 20.5. The number of fused-ring (bicyclic) bond motifs is 5. The first-order chi connectivity index (χ1) is 25.8. The number of carbonyl (C=O) groups is 4. The summed E-state index contributed by atoms with van der Waals surface area (Å²) in [6.45, 7) is 3.99. The number of benzene rings is 2. The lowest BCUT2D eigenvalue weighted by Gasteiger charge is -2.49. The van der Waals surface area contributed by atoms with Crippen LogP contribution in [0.25, 0.3) is 20.7 Å². The summed E-state index contributed by atoms with van der Waals surface area (Å²) < 4.78 is 8.77. The van der Waals surface area contributed by atoms with Gasteiger partial charge in [-0.15, -0.1) is 22.7 Å². The molecule has 276 valence electrons. The standard InChI is InChI=1S/C40H34BrClN4O6S2/c1-18-24-14-20(42)7-10-30(24)54-35(18)28-16-31(44(3)43-28)46-37(49)27-15-25-22(8-9-23-32(25)38(50)45(36(23)48)17-21-6-5-11-53-21)33(40(27,2)39(46)51)26-12-19(41)13-29(52-4)34(26)47/h5-8,10-14,16,23,25,27,32-33,47H,9,15,17H2,1-4H3. The molecule has 1 N–H and O–H groups in total. The van der Waals surface area contributed by atoms with E-state index in [4.69, 9.17) is 21.4 Å². The van der Waals surface area contributed by atoms with Crippen LogP contribution in [0, 0.1) is 36.0 Å². The number of methoxy groups -OCH3 is 1. The van der Waals surface area contributed by atoms with Crippen molar-refractivity contribution < 1.29 is 29.0 Å². The highest BCUT2D eigenvalue weighted by Gasteiger charge is 2.68. The lowest BCUT2D eigenvalue weighted by molar-refractivity contribution is -0.141. The van der Waals surface area contributed by atoms with Gasteiger partial charge < -0.3 is 9.84 Å². The normalized spacial score (nSPS) is 26.4. The van der Waals surface area contributed by atoms with E-state index < -0.39 is 46.8 Å². The van der Waals surface area contributed by atoms with Gasteiger partial charge >= 0.3 is 0 Å². The minimum absolute atomic E-state index is 0.149. The van der Waals surface area contributed by atoms with Gasteiger partial charge in [0.05, 0.1) is 41.7 Å². The summed E-state index contributed by atoms with van der Waals surface area (Å²) in [5.74, 6) is -4.43. The minimum Gasteiger partial charge on any atom is -0.504 e. The van der Waals surface area contributed by atoms with E-state index in [1.165, 1.54) is 28.2 Å². The molecule has 9 rings (SSSR count). The van der Waals surface area contributed by atoms with Crippen LogP contribution in [0.3, 0.4) is 0 Å². The number of aryl methyl sites for hydroxylation is 2. The van der Waals surface area contributed by atoms with Crippen LogP contribution in [0.1, 0.15) is 41.7 Å². The highest BCUT2D eigenvalue weighted by atomic mass is 79.9. The van der Waals surface area contributed by atoms with Crippen molar-refractivity contribution >= 4 is 89.7 Å². The maximum absolute atomic E-state index is 15.2. The Hall–Kier alpha value is -4.30. The number of hydrogen-bond acceptors (Lipinski definition) is 9. The molecule has 2 aliphatic carbocycles. The average molecular weight is 846 g/mol. The Labute approximate surface area is 332 Å². The summed E-state index contributed by atoms with van der Waals surface area (Å²) in [6.07, 6.45) is 2.48. The monoisotopic (exact) mass is 844 g/mol. The third-order valence-electron chi connectivity index (χ3n) is 12.1. The number of amides is 4. The molecule has 2 aliphatic heterocycles. The number of rotatable bonds is 6. The number of likely N-dealkylation sites (tertiary alicyclic amines) is 1. The number of anilines is 1. The van der Waals surface area contributed by atoms with Crippen molar-refractivity contribution in [2.75, 3.05) is 12.0 Å². The maximum atomic E-state index is 15.2. The van der Waals surface area contributed by atoms with Crippen molar-refractivity contribution in [3.05, 3.63) is 91.1 Å². The van der Waals surface area contributed by atoms with Crippen LogP contribution in [0.5, 0.6) is 11.5 Å². The van der Waals surface area contributed by atoms with Crippen LogP contribution in [-0.2, 0) is 32.8 Å². The zero-order valence-corrected chi connectivity index (χ0v) is 33.6. The summed E-state index contributed by atoms with van der Waals surface area (Å²) in [6, 6.07) is 14.7. The Morgan fingerprint density at radius 3 is 2.61 bits per heavy atom. The molecule has 0 radical (unpaired) electrons. The number of nitrogens with zero attached hydrogens (tertiary/aromatic N) is 4. The molecule has 4 aliphatic rings. The topological polar surface area (TPSA) is 122 Å². The van der Waals surface area contributed by atoms with Gasteiger partial charge in [0.25, 0.3) is 0 Å². The zero-order chi connectivity index (χ0) is 38.0. The summed E-state index contributed by atoms with van der Waals surface area (Å²) in [7, 11) is 3.16. The quantitative estimate of drug-likeness (QED) is 0.135. The maximum Gasteiger partial charge on any atom is 0.242 e. The smallest absolute Gasteiger partial charge is 0.242 e. The number of ether oxygens (including phenoxy) is 1. The molecule has 1 saturated carbocycles. The molecule has 2 aromatic carbocycles. The number of aromatic nitrogens is 2. The summed E-state index contributed by atoms with van der Waals surface area (Å²) in [5.41, 5.74) is 1.43. The van der Waals surface area contributed by atoms with Gasteiger partial charge in [-0.1, -0.05) is 45.2 Å². The van der Waals surface area contributed by atoms with Crippen molar-refractivity contribution in [3.8, 4) is 22.1 Å². The molecule has 6 unspecified atom stereocenters. The Kier molecular flexibility index (Phi) is 8.27. The first kappa shape index (κ1) is 35.4. The van der Waals surface area contributed by atoms with E-state index in [9.17, 15) is 19.5 Å². The molecule has 5 aromatic rings. The second kappa shape index (κ2) is 12.6. The number of phenols is 1. The van der Waals surface area contributed by atoms with Gasteiger partial charge in [-0.25, -0.2) is 4.90 Å². The molecular weight excluding hydrogens is 812 g/mol. The van der Waals surface area contributed by atoms with Crippen LogP contribution >= 0.6 is 50.2 Å². The molecule has 2 saturated heterocycles. The van der Waals surface area contributed by atoms with Crippen LogP contribution < -0.4 is 9.64 Å². The van der Waals surface area contributed by atoms with E-state index in [0.29, 0.717) is 33.0 Å². The number of hydrogen-bond donors (Lipinski definition) is 1. The van der Waals surface area contributed by atoms with E-state index in [2.05, 4.69) is 15.9 Å². The molecule has 54 heavy (non-hydrogen) atoms. The van der Waals surface area contributed by atoms with Crippen molar-refractivity contribution in [2.45, 2.75) is 39.2 Å². The fourth-order valence-electron chi connectivity index (χ4n) is 9.54. The Morgan fingerprint density at radius 1 is 1.07 bits per heavy atom. The molecule has 3 fully saturated rings. The van der Waals surface area contributed by atoms with E-state index in [1.54, 1.807) is 48.2 Å². The molecule has 6 atom stereocenters. The Balaban J connectivity index is 1.17. The Morgan fingerprint density at radius 2 is 1.87 bits per heavy atom. The Bertz CT molecular complexity index is 2490. The fourth-order valence-corrected chi connectivity index (χ4v) is 12.0. The van der Waals surface area contributed by atoms with E-state index in [0.717, 1.165) is 31.0 Å². The molecule has 10 nitrogen and oxygen atoms in total. The lowest BCUT2D eigenvalue weighted by atomic mass is 9.51. The van der Waals surface area contributed by atoms with Crippen LogP contribution in [-0.4, -0.2) is 50.5 Å². The van der Waals surface area contributed by atoms with Gasteiger partial charge in [0.1, 0.15) is 11.5 Å². The van der Waals surface area contributed by atoms with Crippen molar-refractivity contribution in [1.29, 1.82) is 0 Å². The largest absolute Gasteiger partial charge is 0.504 e.